The summed E-state index contributed by atoms with van der Waals surface area (Å²) in [6.45, 7) is 0. The molecule has 0 fully saturated rings. The Hall–Kier alpha value is -2.86. The summed E-state index contributed by atoms with van der Waals surface area (Å²) in [6.07, 6.45) is 8.83. The summed E-state index contributed by atoms with van der Waals surface area (Å²) < 4.78 is 0. The van der Waals surface area contributed by atoms with E-state index in [2.05, 4.69) is 91.0 Å². The quantitative estimate of drug-likeness (QED) is 0.322. The third-order valence-electron chi connectivity index (χ3n) is 6.20. The molecule has 0 spiro atoms. The Morgan fingerprint density at radius 2 is 1.18 bits per heavy atom. The number of hydrogen-bond acceptors (Lipinski definition) is 0. The van der Waals surface area contributed by atoms with E-state index in [1.165, 1.54) is 58.4 Å². The second kappa shape index (κ2) is 7.64. The molecule has 138 valence electrons. The molecule has 0 bridgehead atoms. The van der Waals surface area contributed by atoms with Crippen molar-refractivity contribution in [3.8, 4) is 0 Å². The molecule has 0 saturated heterocycles. The Morgan fingerprint density at radius 3 is 1.71 bits per heavy atom. The summed E-state index contributed by atoms with van der Waals surface area (Å²) in [4.78, 5) is 0. The highest BCUT2D eigenvalue weighted by molar-refractivity contribution is 5.84. The number of benzene rings is 4. The van der Waals surface area contributed by atoms with E-state index >= 15 is 0 Å². The molecule has 0 atom stereocenters. The average molecular weight is 363 g/mol. The maximum Gasteiger partial charge on any atom is 0.0127 e. The Bertz CT molecular complexity index is 1070. The molecule has 0 nitrogen and oxygen atoms in total. The van der Waals surface area contributed by atoms with Gasteiger partial charge in [-0.3, -0.25) is 0 Å². The first-order valence-electron chi connectivity index (χ1n) is 10.5. The SMILES string of the molecule is C1=C(CC(c2ccc3ccccc3c2)c2ccc3ccccc3c2)CCCC1. The zero-order chi connectivity index (χ0) is 18.8. The van der Waals surface area contributed by atoms with E-state index in [4.69, 9.17) is 0 Å². The largest absolute Gasteiger partial charge is 0.0853 e. The van der Waals surface area contributed by atoms with Crippen LogP contribution in [0.3, 0.4) is 0 Å². The van der Waals surface area contributed by atoms with Gasteiger partial charge in [-0.05, 0) is 64.8 Å². The molecule has 0 radical (unpaired) electrons. The topological polar surface area (TPSA) is 0 Å². The summed E-state index contributed by atoms with van der Waals surface area (Å²) in [5.41, 5.74) is 4.50. The second-order valence-electron chi connectivity index (χ2n) is 8.08. The fourth-order valence-electron chi connectivity index (χ4n) is 4.63. The van der Waals surface area contributed by atoms with Crippen LogP contribution in [0.4, 0.5) is 0 Å². The van der Waals surface area contributed by atoms with Gasteiger partial charge in [0.05, 0.1) is 0 Å². The van der Waals surface area contributed by atoms with Crippen LogP contribution < -0.4 is 0 Å². The van der Waals surface area contributed by atoms with Crippen molar-refractivity contribution < 1.29 is 0 Å². The molecule has 5 rings (SSSR count). The van der Waals surface area contributed by atoms with E-state index in [-0.39, 0.29) is 0 Å². The van der Waals surface area contributed by atoms with Crippen LogP contribution in [-0.2, 0) is 0 Å². The van der Waals surface area contributed by atoms with Gasteiger partial charge in [-0.25, -0.2) is 0 Å². The predicted molar refractivity (Wildman–Crippen MR) is 121 cm³/mol. The van der Waals surface area contributed by atoms with Crippen molar-refractivity contribution in [1.29, 1.82) is 0 Å². The molecule has 0 unspecified atom stereocenters. The lowest BCUT2D eigenvalue weighted by Crippen LogP contribution is -2.05. The van der Waals surface area contributed by atoms with Crippen molar-refractivity contribution in [2.24, 2.45) is 0 Å². The Morgan fingerprint density at radius 1 is 0.607 bits per heavy atom. The fourth-order valence-corrected chi connectivity index (χ4v) is 4.63. The number of rotatable bonds is 4. The van der Waals surface area contributed by atoms with Gasteiger partial charge < -0.3 is 0 Å². The van der Waals surface area contributed by atoms with Crippen LogP contribution in [-0.4, -0.2) is 0 Å². The minimum atomic E-state index is 0.415. The Labute approximate surface area is 167 Å². The smallest absolute Gasteiger partial charge is 0.0127 e. The third kappa shape index (κ3) is 3.47. The molecule has 0 amide bonds. The zero-order valence-corrected chi connectivity index (χ0v) is 16.3. The molecule has 0 N–H and O–H groups in total. The Kier molecular flexibility index (Phi) is 4.71. The van der Waals surface area contributed by atoms with Gasteiger partial charge in [0.25, 0.3) is 0 Å². The summed E-state index contributed by atoms with van der Waals surface area (Å²) in [6, 6.07) is 31.4. The van der Waals surface area contributed by atoms with Crippen molar-refractivity contribution in [2.75, 3.05) is 0 Å². The highest BCUT2D eigenvalue weighted by atomic mass is 14.2. The monoisotopic (exact) mass is 362 g/mol. The summed E-state index contributed by atoms with van der Waals surface area (Å²) >= 11 is 0. The molecule has 4 aromatic carbocycles. The van der Waals surface area contributed by atoms with E-state index in [0.29, 0.717) is 5.92 Å². The summed E-state index contributed by atoms with van der Waals surface area (Å²) in [5, 5.41) is 5.31. The standard InChI is InChI=1S/C28H26/c1-2-8-21(9-3-1)18-28(26-16-14-22-10-4-6-12-24(22)19-26)27-17-15-23-11-5-7-13-25(23)20-27/h4-8,10-17,19-20,28H,1-3,9,18H2. The number of allylic oxidation sites excluding steroid dienone is 2. The van der Waals surface area contributed by atoms with Gasteiger partial charge in [0.1, 0.15) is 0 Å². The minimum Gasteiger partial charge on any atom is -0.0853 e. The third-order valence-corrected chi connectivity index (χ3v) is 6.20. The van der Waals surface area contributed by atoms with Gasteiger partial charge >= 0.3 is 0 Å². The summed E-state index contributed by atoms with van der Waals surface area (Å²) in [7, 11) is 0. The highest BCUT2D eigenvalue weighted by Gasteiger charge is 2.18. The van der Waals surface area contributed by atoms with E-state index < -0.39 is 0 Å². The minimum absolute atomic E-state index is 0.415. The first kappa shape index (κ1) is 17.3. The molecule has 0 saturated carbocycles. The van der Waals surface area contributed by atoms with Crippen molar-refractivity contribution >= 4 is 21.5 Å². The van der Waals surface area contributed by atoms with E-state index in [0.717, 1.165) is 6.42 Å². The highest BCUT2D eigenvalue weighted by Crippen LogP contribution is 2.36. The van der Waals surface area contributed by atoms with Crippen LogP contribution in [0.2, 0.25) is 0 Å². The van der Waals surface area contributed by atoms with Crippen molar-refractivity contribution in [3.63, 3.8) is 0 Å². The van der Waals surface area contributed by atoms with Gasteiger partial charge in [0, 0.05) is 5.92 Å². The van der Waals surface area contributed by atoms with Crippen molar-refractivity contribution in [3.05, 3.63) is 108 Å². The molecule has 0 heterocycles. The molecule has 0 aliphatic heterocycles. The van der Waals surface area contributed by atoms with E-state index in [1.54, 1.807) is 5.57 Å². The van der Waals surface area contributed by atoms with Gasteiger partial charge in [-0.15, -0.1) is 0 Å². The number of hydrogen-bond donors (Lipinski definition) is 0. The second-order valence-corrected chi connectivity index (χ2v) is 8.08. The van der Waals surface area contributed by atoms with Gasteiger partial charge in [-0.1, -0.05) is 96.6 Å². The normalized spacial score (nSPS) is 14.5. The van der Waals surface area contributed by atoms with Crippen LogP contribution >= 0.6 is 0 Å². The lowest BCUT2D eigenvalue weighted by Gasteiger charge is -2.23. The first-order valence-corrected chi connectivity index (χ1v) is 10.5. The molecule has 4 aromatic rings. The van der Waals surface area contributed by atoms with Crippen LogP contribution in [0.25, 0.3) is 21.5 Å². The molecule has 1 aliphatic rings. The molecule has 0 aromatic heterocycles. The van der Waals surface area contributed by atoms with E-state index in [1.807, 2.05) is 0 Å². The molecule has 28 heavy (non-hydrogen) atoms. The molecule has 0 heteroatoms. The van der Waals surface area contributed by atoms with Gasteiger partial charge in [-0.2, -0.15) is 0 Å². The maximum atomic E-state index is 2.50. The van der Waals surface area contributed by atoms with Gasteiger partial charge in [0.2, 0.25) is 0 Å². The zero-order valence-electron chi connectivity index (χ0n) is 16.3. The lowest BCUT2D eigenvalue weighted by molar-refractivity contribution is 0.653. The number of fused-ring (bicyclic) bond motifs is 2. The van der Waals surface area contributed by atoms with Crippen molar-refractivity contribution in [1.82, 2.24) is 0 Å². The average Bonchev–Trinajstić information content (AvgIpc) is 2.77. The molecule has 1 aliphatic carbocycles. The summed E-state index contributed by atoms with van der Waals surface area (Å²) in [5.74, 6) is 0.415. The predicted octanol–water partition coefficient (Wildman–Crippen LogP) is 8.02. The Balaban J connectivity index is 1.60. The van der Waals surface area contributed by atoms with Crippen LogP contribution in [0.15, 0.2) is 96.6 Å². The van der Waals surface area contributed by atoms with Crippen LogP contribution in [0, 0.1) is 0 Å². The maximum absolute atomic E-state index is 2.50. The lowest BCUT2D eigenvalue weighted by atomic mass is 9.82. The van der Waals surface area contributed by atoms with Gasteiger partial charge in [0.15, 0.2) is 0 Å². The van der Waals surface area contributed by atoms with Crippen molar-refractivity contribution in [2.45, 2.75) is 38.0 Å². The fraction of sp³-hybridized carbons (Fsp3) is 0.214. The molecular formula is C28H26. The van der Waals surface area contributed by atoms with Crippen LogP contribution in [0.1, 0.15) is 49.1 Å². The molecular weight excluding hydrogens is 336 g/mol. The first-order chi connectivity index (χ1) is 13.9. The van der Waals surface area contributed by atoms with Crippen LogP contribution in [0.5, 0.6) is 0 Å². The van der Waals surface area contributed by atoms with E-state index in [9.17, 15) is 0 Å².